The van der Waals surface area contributed by atoms with E-state index in [1.165, 1.54) is 6.33 Å². The lowest BCUT2D eigenvalue weighted by Crippen LogP contribution is -2.37. The summed E-state index contributed by atoms with van der Waals surface area (Å²) in [5, 5.41) is 13.9. The molecule has 1 N–H and O–H groups in total. The van der Waals surface area contributed by atoms with E-state index in [4.69, 9.17) is 0 Å². The third-order valence-electron chi connectivity index (χ3n) is 3.09. The maximum absolute atomic E-state index is 10.8. The van der Waals surface area contributed by atoms with Gasteiger partial charge in [0.15, 0.2) is 0 Å². The van der Waals surface area contributed by atoms with Crippen LogP contribution in [0, 0.1) is 10.1 Å². The highest BCUT2D eigenvalue weighted by Gasteiger charge is 2.20. The van der Waals surface area contributed by atoms with Gasteiger partial charge in [-0.3, -0.25) is 9.47 Å². The molecule has 1 aromatic heterocycles. The zero-order chi connectivity index (χ0) is 13.7. The molecule has 0 saturated heterocycles. The van der Waals surface area contributed by atoms with E-state index in [1.54, 1.807) is 11.6 Å². The lowest BCUT2D eigenvalue weighted by molar-refractivity contribution is -0.388. The number of aryl methyl sites for hydroxylation is 1. The molecule has 1 heterocycles. The van der Waals surface area contributed by atoms with E-state index in [0.29, 0.717) is 18.4 Å². The predicted octanol–water partition coefficient (Wildman–Crippen LogP) is 1.47. The minimum atomic E-state index is -0.468. The van der Waals surface area contributed by atoms with Crippen LogP contribution in [0.15, 0.2) is 6.33 Å². The molecule has 7 heteroatoms. The Kier molecular flexibility index (Phi) is 5.08. The fourth-order valence-electron chi connectivity index (χ4n) is 1.98. The summed E-state index contributed by atoms with van der Waals surface area (Å²) in [6.45, 7) is 8.89. The third-order valence-corrected chi connectivity index (χ3v) is 3.09. The van der Waals surface area contributed by atoms with Crippen LogP contribution >= 0.6 is 0 Å². The highest BCUT2D eigenvalue weighted by Crippen LogP contribution is 2.20. The first kappa shape index (κ1) is 14.4. The second-order valence-corrected chi connectivity index (χ2v) is 4.24. The van der Waals surface area contributed by atoms with Gasteiger partial charge in [-0.25, -0.2) is 0 Å². The van der Waals surface area contributed by atoms with Crippen LogP contribution < -0.4 is 5.32 Å². The standard InChI is InChI=1S/C11H21N5O2/c1-5-15(6-2)9(3)7-12-10-11(16(17)18)13-8-14(10)4/h8-9,12H,5-7H2,1-4H3. The van der Waals surface area contributed by atoms with Crippen molar-refractivity contribution in [2.75, 3.05) is 25.0 Å². The largest absolute Gasteiger partial charge is 0.406 e. The van der Waals surface area contributed by atoms with Crippen molar-refractivity contribution in [3.8, 4) is 0 Å². The summed E-state index contributed by atoms with van der Waals surface area (Å²) in [5.41, 5.74) is 0. The first-order chi connectivity index (χ1) is 8.51. The lowest BCUT2D eigenvalue weighted by Gasteiger charge is -2.26. The van der Waals surface area contributed by atoms with Crippen LogP contribution in [0.1, 0.15) is 20.8 Å². The van der Waals surface area contributed by atoms with Gasteiger partial charge in [0.2, 0.25) is 12.1 Å². The van der Waals surface area contributed by atoms with Gasteiger partial charge in [0.05, 0.1) is 0 Å². The number of aromatic nitrogens is 2. The normalized spacial score (nSPS) is 12.7. The first-order valence-corrected chi connectivity index (χ1v) is 6.14. The van der Waals surface area contributed by atoms with Crippen molar-refractivity contribution in [3.63, 3.8) is 0 Å². The van der Waals surface area contributed by atoms with Crippen LogP contribution in [-0.2, 0) is 7.05 Å². The van der Waals surface area contributed by atoms with Crippen LogP contribution in [0.2, 0.25) is 0 Å². The first-order valence-electron chi connectivity index (χ1n) is 6.14. The number of nitrogens with one attached hydrogen (secondary N) is 1. The van der Waals surface area contributed by atoms with Gasteiger partial charge in [-0.15, -0.1) is 0 Å². The molecule has 0 aliphatic carbocycles. The second kappa shape index (κ2) is 6.34. The molecule has 1 unspecified atom stereocenters. The van der Waals surface area contributed by atoms with E-state index in [1.807, 2.05) is 0 Å². The second-order valence-electron chi connectivity index (χ2n) is 4.24. The third kappa shape index (κ3) is 3.19. The smallest absolute Gasteiger partial charge is 0.363 e. The number of nitro groups is 1. The van der Waals surface area contributed by atoms with Gasteiger partial charge in [0.1, 0.15) is 0 Å². The topological polar surface area (TPSA) is 76.2 Å². The number of imidazole rings is 1. The van der Waals surface area contributed by atoms with Crippen molar-refractivity contribution >= 4 is 11.6 Å². The molecule has 102 valence electrons. The molecule has 0 aromatic carbocycles. The maximum atomic E-state index is 10.8. The fraction of sp³-hybridized carbons (Fsp3) is 0.727. The maximum Gasteiger partial charge on any atom is 0.406 e. The van der Waals surface area contributed by atoms with Crippen molar-refractivity contribution in [2.24, 2.45) is 7.05 Å². The van der Waals surface area contributed by atoms with E-state index < -0.39 is 4.92 Å². The number of hydrogen-bond acceptors (Lipinski definition) is 5. The molecule has 0 fully saturated rings. The molecule has 1 aromatic rings. The number of nitrogens with zero attached hydrogens (tertiary/aromatic N) is 4. The molecular formula is C11H21N5O2. The molecule has 0 bridgehead atoms. The highest BCUT2D eigenvalue weighted by atomic mass is 16.6. The lowest BCUT2D eigenvalue weighted by atomic mass is 10.3. The van der Waals surface area contributed by atoms with E-state index in [0.717, 1.165) is 13.1 Å². The Labute approximate surface area is 107 Å². The monoisotopic (exact) mass is 255 g/mol. The van der Waals surface area contributed by atoms with Gasteiger partial charge in [0, 0.05) is 19.6 Å². The quantitative estimate of drug-likeness (QED) is 0.590. The molecule has 0 aliphatic rings. The van der Waals surface area contributed by atoms with E-state index >= 15 is 0 Å². The number of anilines is 1. The zero-order valence-electron chi connectivity index (χ0n) is 11.4. The van der Waals surface area contributed by atoms with Crippen molar-refractivity contribution < 1.29 is 4.92 Å². The SMILES string of the molecule is CCN(CC)C(C)CNc1c([N+](=O)[O-])ncn1C. The average Bonchev–Trinajstić information content (AvgIpc) is 2.69. The minimum Gasteiger partial charge on any atom is -0.363 e. The van der Waals surface area contributed by atoms with Gasteiger partial charge in [-0.1, -0.05) is 13.8 Å². The molecule has 0 amide bonds. The molecule has 0 spiro atoms. The van der Waals surface area contributed by atoms with Gasteiger partial charge in [-0.05, 0) is 29.9 Å². The molecule has 18 heavy (non-hydrogen) atoms. The van der Waals surface area contributed by atoms with Gasteiger partial charge in [-0.2, -0.15) is 0 Å². The summed E-state index contributed by atoms with van der Waals surface area (Å²) in [6, 6.07) is 0.314. The summed E-state index contributed by atoms with van der Waals surface area (Å²) >= 11 is 0. The molecular weight excluding hydrogens is 234 g/mol. The van der Waals surface area contributed by atoms with Crippen molar-refractivity contribution in [2.45, 2.75) is 26.8 Å². The van der Waals surface area contributed by atoms with Crippen LogP contribution in [0.4, 0.5) is 11.6 Å². The molecule has 7 nitrogen and oxygen atoms in total. The summed E-state index contributed by atoms with van der Waals surface area (Å²) in [6.07, 6.45) is 1.45. The Balaban J connectivity index is 2.68. The van der Waals surface area contributed by atoms with E-state index in [2.05, 4.69) is 36.0 Å². The molecule has 1 atom stereocenters. The fourth-order valence-corrected chi connectivity index (χ4v) is 1.98. The molecule has 1 rings (SSSR count). The van der Waals surface area contributed by atoms with Crippen LogP contribution in [-0.4, -0.2) is 45.1 Å². The van der Waals surface area contributed by atoms with Gasteiger partial charge < -0.3 is 15.4 Å². The van der Waals surface area contributed by atoms with Gasteiger partial charge in [0.25, 0.3) is 0 Å². The average molecular weight is 255 g/mol. The van der Waals surface area contributed by atoms with Crippen LogP contribution in [0.25, 0.3) is 0 Å². The summed E-state index contributed by atoms with van der Waals surface area (Å²) in [5.74, 6) is 0.336. The Morgan fingerprint density at radius 1 is 1.56 bits per heavy atom. The minimum absolute atomic E-state index is 0.121. The van der Waals surface area contributed by atoms with Gasteiger partial charge >= 0.3 is 5.82 Å². The summed E-state index contributed by atoms with van der Waals surface area (Å²) in [7, 11) is 1.74. The zero-order valence-corrected chi connectivity index (χ0v) is 11.4. The Bertz CT molecular complexity index is 400. The molecule has 0 aliphatic heterocycles. The predicted molar refractivity (Wildman–Crippen MR) is 70.7 cm³/mol. The summed E-state index contributed by atoms with van der Waals surface area (Å²) in [4.78, 5) is 16.4. The van der Waals surface area contributed by atoms with Crippen molar-refractivity contribution in [1.82, 2.24) is 14.5 Å². The number of rotatable bonds is 7. The summed E-state index contributed by atoms with van der Waals surface area (Å²) < 4.78 is 1.63. The molecule has 0 saturated carbocycles. The number of likely N-dealkylation sites (N-methyl/N-ethyl adjacent to an activating group) is 1. The van der Waals surface area contributed by atoms with Crippen LogP contribution in [0.5, 0.6) is 0 Å². The van der Waals surface area contributed by atoms with Crippen molar-refractivity contribution in [3.05, 3.63) is 16.4 Å². The Hall–Kier alpha value is -1.63. The van der Waals surface area contributed by atoms with E-state index in [9.17, 15) is 10.1 Å². The molecule has 0 radical (unpaired) electrons. The Morgan fingerprint density at radius 3 is 2.67 bits per heavy atom. The van der Waals surface area contributed by atoms with Crippen molar-refractivity contribution in [1.29, 1.82) is 0 Å². The van der Waals surface area contributed by atoms with Crippen LogP contribution in [0.3, 0.4) is 0 Å². The highest BCUT2D eigenvalue weighted by molar-refractivity contribution is 5.52. The Morgan fingerprint density at radius 2 is 2.17 bits per heavy atom. The number of hydrogen-bond donors (Lipinski definition) is 1. The van der Waals surface area contributed by atoms with E-state index in [-0.39, 0.29) is 5.82 Å².